The number of nitrogens with two attached hydrogens (primary N) is 1. The molecule has 0 unspecified atom stereocenters. The molecule has 0 amide bonds. The van der Waals surface area contributed by atoms with Gasteiger partial charge in [0.05, 0.1) is 16.7 Å². The fraction of sp³-hybridized carbons (Fsp3) is 0.133. The van der Waals surface area contributed by atoms with Gasteiger partial charge in [-0.1, -0.05) is 23.7 Å². The molecule has 0 radical (unpaired) electrons. The summed E-state index contributed by atoms with van der Waals surface area (Å²) >= 11 is 6.15. The summed E-state index contributed by atoms with van der Waals surface area (Å²) in [5, 5.41) is 9.33. The van der Waals surface area contributed by atoms with Crippen molar-refractivity contribution in [3.63, 3.8) is 0 Å². The van der Waals surface area contributed by atoms with Crippen LogP contribution in [0.25, 0.3) is 0 Å². The monoisotopic (exact) mass is 272 g/mol. The Hall–Kier alpha value is -2.02. The summed E-state index contributed by atoms with van der Waals surface area (Å²) in [4.78, 5) is 0. The van der Waals surface area contributed by atoms with Gasteiger partial charge in [0.1, 0.15) is 11.5 Å². The lowest BCUT2D eigenvalue weighted by Crippen LogP contribution is -2.04. The average molecular weight is 273 g/mol. The van der Waals surface area contributed by atoms with Crippen molar-refractivity contribution in [1.82, 2.24) is 0 Å². The van der Waals surface area contributed by atoms with E-state index in [2.05, 4.69) is 6.07 Å². The molecule has 0 spiro atoms. The molecule has 0 aliphatic carbocycles. The number of halogens is 1. The third-order valence-corrected chi connectivity index (χ3v) is 2.97. The zero-order valence-corrected chi connectivity index (χ0v) is 11.2. The van der Waals surface area contributed by atoms with Crippen LogP contribution in [0.5, 0.6) is 11.5 Å². The Labute approximate surface area is 117 Å². The SMILES string of the molecule is C[C@@H](N)c1ccc(Oc2cccc(C#N)c2)c(Cl)c1. The molecule has 3 nitrogen and oxygen atoms in total. The lowest BCUT2D eigenvalue weighted by Gasteiger charge is -2.11. The van der Waals surface area contributed by atoms with E-state index < -0.39 is 0 Å². The van der Waals surface area contributed by atoms with Crippen LogP contribution in [0, 0.1) is 11.3 Å². The first-order valence-electron chi connectivity index (χ1n) is 5.83. The van der Waals surface area contributed by atoms with E-state index in [1.807, 2.05) is 13.0 Å². The maximum Gasteiger partial charge on any atom is 0.146 e. The van der Waals surface area contributed by atoms with Gasteiger partial charge in [0.25, 0.3) is 0 Å². The predicted octanol–water partition coefficient (Wildman–Crippen LogP) is 4.02. The highest BCUT2D eigenvalue weighted by molar-refractivity contribution is 6.32. The quantitative estimate of drug-likeness (QED) is 0.918. The van der Waals surface area contributed by atoms with E-state index in [9.17, 15) is 0 Å². The molecular formula is C15H13ClN2O. The molecule has 0 saturated heterocycles. The molecular weight excluding hydrogens is 260 g/mol. The largest absolute Gasteiger partial charge is 0.456 e. The van der Waals surface area contributed by atoms with E-state index in [4.69, 9.17) is 27.3 Å². The standard InChI is InChI=1S/C15H13ClN2O/c1-10(18)12-5-6-15(14(16)8-12)19-13-4-2-3-11(7-13)9-17/h2-8,10H,18H2,1H3/t10-/m1/s1. The Morgan fingerprint density at radius 3 is 2.68 bits per heavy atom. The molecule has 2 aromatic rings. The van der Waals surface area contributed by atoms with Crippen LogP contribution in [0.3, 0.4) is 0 Å². The zero-order chi connectivity index (χ0) is 13.8. The minimum absolute atomic E-state index is 0.0755. The number of benzene rings is 2. The van der Waals surface area contributed by atoms with Gasteiger partial charge in [-0.3, -0.25) is 0 Å². The van der Waals surface area contributed by atoms with Crippen LogP contribution in [0.2, 0.25) is 5.02 Å². The topological polar surface area (TPSA) is 59.0 Å². The van der Waals surface area contributed by atoms with Gasteiger partial charge in [-0.15, -0.1) is 0 Å². The molecule has 2 rings (SSSR count). The van der Waals surface area contributed by atoms with Crippen molar-refractivity contribution >= 4 is 11.6 Å². The number of ether oxygens (including phenoxy) is 1. The summed E-state index contributed by atoms with van der Waals surface area (Å²) in [6.45, 7) is 1.89. The number of rotatable bonds is 3. The van der Waals surface area contributed by atoms with Gasteiger partial charge < -0.3 is 10.5 Å². The van der Waals surface area contributed by atoms with Crippen LogP contribution in [0.15, 0.2) is 42.5 Å². The maximum absolute atomic E-state index is 8.83. The molecule has 0 bridgehead atoms. The van der Waals surface area contributed by atoms with Crippen LogP contribution in [0.1, 0.15) is 24.1 Å². The van der Waals surface area contributed by atoms with Gasteiger partial charge in [-0.05, 0) is 42.8 Å². The first-order valence-corrected chi connectivity index (χ1v) is 6.21. The van der Waals surface area contributed by atoms with E-state index in [0.29, 0.717) is 22.1 Å². The Balaban J connectivity index is 2.26. The van der Waals surface area contributed by atoms with Crippen LogP contribution in [-0.4, -0.2) is 0 Å². The summed E-state index contributed by atoms with van der Waals surface area (Å²) < 4.78 is 5.66. The van der Waals surface area contributed by atoms with E-state index >= 15 is 0 Å². The van der Waals surface area contributed by atoms with Crippen LogP contribution >= 0.6 is 11.6 Å². The Bertz CT molecular complexity index is 632. The van der Waals surface area contributed by atoms with Crippen molar-refractivity contribution in [1.29, 1.82) is 5.26 Å². The molecule has 19 heavy (non-hydrogen) atoms. The van der Waals surface area contributed by atoms with E-state index in [1.165, 1.54) is 0 Å². The van der Waals surface area contributed by atoms with Gasteiger partial charge in [0.2, 0.25) is 0 Å². The Morgan fingerprint density at radius 2 is 2.05 bits per heavy atom. The summed E-state index contributed by atoms with van der Waals surface area (Å²) in [6, 6.07) is 14.3. The molecule has 0 aromatic heterocycles. The second-order valence-electron chi connectivity index (χ2n) is 4.22. The average Bonchev–Trinajstić information content (AvgIpc) is 2.41. The maximum atomic E-state index is 8.83. The fourth-order valence-corrected chi connectivity index (χ4v) is 1.87. The minimum Gasteiger partial charge on any atom is -0.456 e. The molecule has 0 fully saturated rings. The Kier molecular flexibility index (Phi) is 4.06. The second kappa shape index (κ2) is 5.75. The van der Waals surface area contributed by atoms with Crippen LogP contribution in [0.4, 0.5) is 0 Å². The smallest absolute Gasteiger partial charge is 0.146 e. The summed E-state index contributed by atoms with van der Waals surface area (Å²) in [5.74, 6) is 1.12. The normalized spacial score (nSPS) is 11.7. The third-order valence-electron chi connectivity index (χ3n) is 2.67. The van der Waals surface area contributed by atoms with E-state index in [1.54, 1.807) is 36.4 Å². The zero-order valence-electron chi connectivity index (χ0n) is 10.4. The molecule has 0 saturated carbocycles. The molecule has 0 aliphatic rings. The number of hydrogen-bond acceptors (Lipinski definition) is 3. The van der Waals surface area contributed by atoms with Gasteiger partial charge in [-0.2, -0.15) is 5.26 Å². The molecule has 96 valence electrons. The Morgan fingerprint density at radius 1 is 1.26 bits per heavy atom. The highest BCUT2D eigenvalue weighted by Gasteiger charge is 2.07. The van der Waals surface area contributed by atoms with Crippen molar-refractivity contribution in [2.75, 3.05) is 0 Å². The summed E-state index contributed by atoms with van der Waals surface area (Å²) in [5.41, 5.74) is 7.28. The molecule has 1 atom stereocenters. The first-order chi connectivity index (χ1) is 9.10. The van der Waals surface area contributed by atoms with Gasteiger partial charge in [0, 0.05) is 6.04 Å². The summed E-state index contributed by atoms with van der Waals surface area (Å²) in [6.07, 6.45) is 0. The second-order valence-corrected chi connectivity index (χ2v) is 4.63. The predicted molar refractivity (Wildman–Crippen MR) is 75.3 cm³/mol. The van der Waals surface area contributed by atoms with Gasteiger partial charge >= 0.3 is 0 Å². The van der Waals surface area contributed by atoms with Gasteiger partial charge in [-0.25, -0.2) is 0 Å². The molecule has 0 aliphatic heterocycles. The van der Waals surface area contributed by atoms with Crippen LogP contribution in [-0.2, 0) is 0 Å². The van der Waals surface area contributed by atoms with Crippen molar-refractivity contribution in [3.8, 4) is 17.6 Å². The highest BCUT2D eigenvalue weighted by atomic mass is 35.5. The molecule has 0 heterocycles. The highest BCUT2D eigenvalue weighted by Crippen LogP contribution is 2.31. The number of hydrogen-bond donors (Lipinski definition) is 1. The van der Waals surface area contributed by atoms with Crippen molar-refractivity contribution in [2.45, 2.75) is 13.0 Å². The molecule has 2 aromatic carbocycles. The van der Waals surface area contributed by atoms with E-state index in [-0.39, 0.29) is 6.04 Å². The lowest BCUT2D eigenvalue weighted by atomic mass is 10.1. The van der Waals surface area contributed by atoms with Crippen LogP contribution < -0.4 is 10.5 Å². The van der Waals surface area contributed by atoms with Gasteiger partial charge in [0.15, 0.2) is 0 Å². The number of nitriles is 1. The molecule has 4 heteroatoms. The number of nitrogens with zero attached hydrogens (tertiary/aromatic N) is 1. The third kappa shape index (κ3) is 3.25. The van der Waals surface area contributed by atoms with Crippen molar-refractivity contribution in [3.05, 3.63) is 58.6 Å². The van der Waals surface area contributed by atoms with E-state index in [0.717, 1.165) is 5.56 Å². The minimum atomic E-state index is -0.0755. The van der Waals surface area contributed by atoms with Crippen molar-refractivity contribution < 1.29 is 4.74 Å². The first kappa shape index (κ1) is 13.4. The fourth-order valence-electron chi connectivity index (χ4n) is 1.64. The molecule has 2 N–H and O–H groups in total. The lowest BCUT2D eigenvalue weighted by molar-refractivity contribution is 0.482. The summed E-state index contributed by atoms with van der Waals surface area (Å²) in [7, 11) is 0. The van der Waals surface area contributed by atoms with Crippen molar-refractivity contribution in [2.24, 2.45) is 5.73 Å².